The number of hydrogen-bond acceptors (Lipinski definition) is 6. The van der Waals surface area contributed by atoms with Crippen molar-refractivity contribution in [1.29, 1.82) is 0 Å². The quantitative estimate of drug-likeness (QED) is 0.549. The van der Waals surface area contributed by atoms with Crippen molar-refractivity contribution in [3.63, 3.8) is 0 Å². The Morgan fingerprint density at radius 3 is 2.38 bits per heavy atom. The van der Waals surface area contributed by atoms with Crippen molar-refractivity contribution < 1.29 is 40.0 Å². The van der Waals surface area contributed by atoms with Gasteiger partial charge in [0.05, 0.1) is 23.8 Å². The number of rotatable bonds is 5. The van der Waals surface area contributed by atoms with E-state index in [0.717, 1.165) is 35.2 Å². The van der Waals surface area contributed by atoms with E-state index < -0.39 is 75.6 Å². The summed E-state index contributed by atoms with van der Waals surface area (Å²) in [6, 6.07) is 0.935. The van der Waals surface area contributed by atoms with Crippen LogP contribution in [0, 0.1) is 17.5 Å². The number of aliphatic hydroxyl groups is 1. The van der Waals surface area contributed by atoms with Crippen LogP contribution in [-0.2, 0) is 10.0 Å². The second-order valence-corrected chi connectivity index (χ2v) is 9.15. The molecule has 172 valence electrons. The first-order valence-electron chi connectivity index (χ1n) is 9.20. The van der Waals surface area contributed by atoms with Crippen LogP contribution in [0.2, 0.25) is 0 Å². The van der Waals surface area contributed by atoms with Crippen LogP contribution in [0.25, 0.3) is 22.1 Å². The highest BCUT2D eigenvalue weighted by Crippen LogP contribution is 2.44. The Morgan fingerprint density at radius 1 is 1.16 bits per heavy atom. The van der Waals surface area contributed by atoms with Crippen molar-refractivity contribution in [3.05, 3.63) is 47.8 Å². The van der Waals surface area contributed by atoms with E-state index in [-0.39, 0.29) is 11.0 Å². The van der Waals surface area contributed by atoms with Crippen LogP contribution in [0.4, 0.5) is 27.8 Å². The molecule has 7 nitrogen and oxygen atoms in total. The molecule has 1 fully saturated rings. The Bertz CT molecular complexity index is 1280. The Kier molecular flexibility index (Phi) is 5.38. The Morgan fingerprint density at radius 2 is 1.78 bits per heavy atom. The topological polar surface area (TPSA) is 95.7 Å². The summed E-state index contributed by atoms with van der Waals surface area (Å²) >= 11 is 0. The molecule has 0 amide bonds. The highest BCUT2D eigenvalue weighted by molar-refractivity contribution is 7.88. The van der Waals surface area contributed by atoms with E-state index >= 15 is 0 Å². The monoisotopic (exact) mass is 477 g/mol. The zero-order valence-corrected chi connectivity index (χ0v) is 17.1. The molecule has 0 spiro atoms. The smallest absolute Gasteiger partial charge is 0.287 e. The number of nitrogens with one attached hydrogen (secondary N) is 1. The predicted molar refractivity (Wildman–Crippen MR) is 104 cm³/mol. The second-order valence-electron chi connectivity index (χ2n) is 7.37. The lowest BCUT2D eigenvalue weighted by Gasteiger charge is -2.26. The maximum atomic E-state index is 14.9. The number of halogens is 5. The van der Waals surface area contributed by atoms with Gasteiger partial charge in [0.1, 0.15) is 29.5 Å². The number of benzene rings is 2. The summed E-state index contributed by atoms with van der Waals surface area (Å²) in [7, 11) is -4.06. The summed E-state index contributed by atoms with van der Waals surface area (Å²) in [4.78, 5) is 0.830. The average Bonchev–Trinajstić information content (AvgIpc) is 3.20. The zero-order chi connectivity index (χ0) is 23.4. The summed E-state index contributed by atoms with van der Waals surface area (Å²) in [5, 5.41) is 13.0. The zero-order valence-electron chi connectivity index (χ0n) is 16.3. The molecule has 2 aromatic carbocycles. The van der Waals surface area contributed by atoms with Crippen molar-refractivity contribution in [2.24, 2.45) is 0 Å². The van der Waals surface area contributed by atoms with E-state index in [9.17, 15) is 35.5 Å². The SMILES string of the molecule is CS(=O)(=O)N[C@@H]1CN(c2noc3ccc(F)c(-c4c(F)cccc4F)c23)[C@H](CO)C1(F)F. The third-order valence-electron chi connectivity index (χ3n) is 5.25. The Hall–Kier alpha value is -2.77. The number of alkyl halides is 2. The number of aromatic nitrogens is 1. The molecule has 2 N–H and O–H groups in total. The van der Waals surface area contributed by atoms with Gasteiger partial charge >= 0.3 is 0 Å². The van der Waals surface area contributed by atoms with Gasteiger partial charge in [0.2, 0.25) is 10.0 Å². The largest absolute Gasteiger partial charge is 0.394 e. The number of sulfonamides is 1. The lowest BCUT2D eigenvalue weighted by atomic mass is 9.99. The summed E-state index contributed by atoms with van der Waals surface area (Å²) in [6.45, 7) is -1.80. The van der Waals surface area contributed by atoms with Crippen LogP contribution in [0.1, 0.15) is 0 Å². The highest BCUT2D eigenvalue weighted by Gasteiger charge is 2.58. The lowest BCUT2D eigenvalue weighted by Crippen LogP contribution is -2.50. The van der Waals surface area contributed by atoms with E-state index in [1.807, 2.05) is 0 Å². The molecule has 2 heterocycles. The lowest BCUT2D eigenvalue weighted by molar-refractivity contribution is -0.0384. The minimum Gasteiger partial charge on any atom is -0.394 e. The normalized spacial score (nSPS) is 20.9. The number of aliphatic hydroxyl groups excluding tert-OH is 1. The van der Waals surface area contributed by atoms with Crippen molar-refractivity contribution >= 4 is 26.8 Å². The third kappa shape index (κ3) is 3.59. The molecule has 2 atom stereocenters. The standard InChI is InChI=1S/C19H16F5N3O4S/c1-32(29,30)26-13-7-27(14(8-28)19(13,23)24)18-17-12(31-25-18)6-5-11(22)16(17)15-9(20)3-2-4-10(15)21/h2-6,13-14,26,28H,7-8H2,1H3/t13-,14-/m1/s1. The third-order valence-corrected chi connectivity index (χ3v) is 5.96. The summed E-state index contributed by atoms with van der Waals surface area (Å²) in [5.74, 6) is -7.46. The van der Waals surface area contributed by atoms with E-state index in [0.29, 0.717) is 6.26 Å². The second kappa shape index (κ2) is 7.67. The van der Waals surface area contributed by atoms with Crippen molar-refractivity contribution in [2.75, 3.05) is 24.3 Å². The molecule has 0 unspecified atom stereocenters. The summed E-state index contributed by atoms with van der Waals surface area (Å²) in [5.41, 5.74) is -1.51. The summed E-state index contributed by atoms with van der Waals surface area (Å²) in [6.07, 6.45) is 0.694. The van der Waals surface area contributed by atoms with Gasteiger partial charge in [-0.1, -0.05) is 11.2 Å². The van der Waals surface area contributed by atoms with Gasteiger partial charge in [-0.05, 0) is 24.3 Å². The van der Waals surface area contributed by atoms with Gasteiger partial charge < -0.3 is 14.5 Å². The molecule has 0 radical (unpaired) electrons. The fourth-order valence-corrected chi connectivity index (χ4v) is 4.63. The first-order valence-corrected chi connectivity index (χ1v) is 11.1. The van der Waals surface area contributed by atoms with Gasteiger partial charge in [0.25, 0.3) is 5.92 Å². The van der Waals surface area contributed by atoms with E-state index in [1.165, 1.54) is 0 Å². The molecule has 1 aromatic heterocycles. The average molecular weight is 477 g/mol. The molecular weight excluding hydrogens is 461 g/mol. The van der Waals surface area contributed by atoms with Crippen LogP contribution in [0.3, 0.4) is 0 Å². The molecule has 0 bridgehead atoms. The minimum atomic E-state index is -4.06. The Balaban J connectivity index is 1.94. The van der Waals surface area contributed by atoms with Crippen LogP contribution < -0.4 is 9.62 Å². The van der Waals surface area contributed by atoms with Crippen molar-refractivity contribution in [2.45, 2.75) is 18.0 Å². The van der Waals surface area contributed by atoms with Gasteiger partial charge in [-0.25, -0.2) is 35.1 Å². The molecule has 4 rings (SSSR count). The minimum absolute atomic E-state index is 0.154. The highest BCUT2D eigenvalue weighted by atomic mass is 32.2. The van der Waals surface area contributed by atoms with Gasteiger partial charge in [-0.3, -0.25) is 0 Å². The molecule has 1 aliphatic rings. The van der Waals surface area contributed by atoms with E-state index in [1.54, 1.807) is 4.72 Å². The van der Waals surface area contributed by atoms with Crippen LogP contribution in [-0.4, -0.2) is 56.1 Å². The molecule has 0 saturated carbocycles. The fraction of sp³-hybridized carbons (Fsp3) is 0.316. The fourth-order valence-electron chi connectivity index (χ4n) is 3.89. The molecule has 32 heavy (non-hydrogen) atoms. The number of fused-ring (bicyclic) bond motifs is 1. The van der Waals surface area contributed by atoms with Crippen molar-refractivity contribution in [3.8, 4) is 11.1 Å². The van der Waals surface area contributed by atoms with E-state index in [4.69, 9.17) is 4.52 Å². The van der Waals surface area contributed by atoms with Gasteiger partial charge in [-0.15, -0.1) is 0 Å². The number of nitrogens with zero attached hydrogens (tertiary/aromatic N) is 2. The van der Waals surface area contributed by atoms with E-state index in [2.05, 4.69) is 5.16 Å². The predicted octanol–water partition coefficient (Wildman–Crippen LogP) is 2.65. The van der Waals surface area contributed by atoms with Gasteiger partial charge in [-0.2, -0.15) is 0 Å². The van der Waals surface area contributed by atoms with Gasteiger partial charge in [0, 0.05) is 12.1 Å². The van der Waals surface area contributed by atoms with Crippen LogP contribution in [0.15, 0.2) is 34.9 Å². The first kappa shape index (κ1) is 22.4. The number of anilines is 1. The molecular formula is C19H16F5N3O4S. The van der Waals surface area contributed by atoms with Crippen LogP contribution >= 0.6 is 0 Å². The van der Waals surface area contributed by atoms with Gasteiger partial charge in [0.15, 0.2) is 11.4 Å². The number of hydrogen-bond donors (Lipinski definition) is 2. The maximum absolute atomic E-state index is 14.9. The Labute approximate surface area is 178 Å². The molecule has 0 aliphatic carbocycles. The molecule has 3 aromatic rings. The van der Waals surface area contributed by atoms with Crippen molar-refractivity contribution in [1.82, 2.24) is 9.88 Å². The molecule has 1 saturated heterocycles. The summed E-state index contributed by atoms with van der Waals surface area (Å²) < 4.78 is 104. The maximum Gasteiger partial charge on any atom is 0.287 e. The first-order chi connectivity index (χ1) is 15.0. The molecule has 1 aliphatic heterocycles. The van der Waals surface area contributed by atoms with Crippen LogP contribution in [0.5, 0.6) is 0 Å². The molecule has 13 heteroatoms.